The number of rotatable bonds is 3. The number of para-hydroxylation sites is 1. The van der Waals surface area contributed by atoms with Gasteiger partial charge in [-0.05, 0) is 30.9 Å². The molecule has 0 radical (unpaired) electrons. The lowest BCUT2D eigenvalue weighted by Gasteiger charge is -2.26. The van der Waals surface area contributed by atoms with Crippen molar-refractivity contribution in [1.29, 1.82) is 0 Å². The summed E-state index contributed by atoms with van der Waals surface area (Å²) in [4.78, 5) is 8.84. The van der Waals surface area contributed by atoms with Gasteiger partial charge in [0.25, 0.3) is 0 Å². The third-order valence-electron chi connectivity index (χ3n) is 4.30. The van der Waals surface area contributed by atoms with Gasteiger partial charge in [-0.25, -0.2) is 4.39 Å². The van der Waals surface area contributed by atoms with Crippen LogP contribution >= 0.6 is 0 Å². The van der Waals surface area contributed by atoms with Crippen LogP contribution in [0.25, 0.3) is 0 Å². The van der Waals surface area contributed by atoms with Crippen molar-refractivity contribution in [3.63, 3.8) is 0 Å². The maximum atomic E-state index is 13.8. The molecule has 0 aromatic heterocycles. The second kappa shape index (κ2) is 6.33. The van der Waals surface area contributed by atoms with Crippen molar-refractivity contribution < 1.29 is 4.39 Å². The summed E-state index contributed by atoms with van der Waals surface area (Å²) in [6, 6.07) is 7.04. The predicted octanol–water partition coefficient (Wildman–Crippen LogP) is 1.93. The number of anilines is 1. The highest BCUT2D eigenvalue weighted by molar-refractivity contribution is 5.80. The summed E-state index contributed by atoms with van der Waals surface area (Å²) in [5, 5.41) is 3.46. The van der Waals surface area contributed by atoms with Crippen LogP contribution in [0.5, 0.6) is 0 Å². The second-order valence-corrected chi connectivity index (χ2v) is 5.91. The van der Waals surface area contributed by atoms with Crippen LogP contribution < -0.4 is 10.2 Å². The molecule has 1 aromatic rings. The topological polar surface area (TPSA) is 30.9 Å². The monoisotopic (exact) mass is 290 g/mol. The van der Waals surface area contributed by atoms with E-state index in [1.54, 1.807) is 6.07 Å². The number of hydrogen-bond donors (Lipinski definition) is 1. The Labute approximate surface area is 125 Å². The maximum Gasteiger partial charge on any atom is 0.193 e. The minimum Gasteiger partial charge on any atom is -0.369 e. The van der Waals surface area contributed by atoms with Crippen LogP contribution in [0.1, 0.15) is 12.8 Å². The molecule has 0 saturated carbocycles. The van der Waals surface area contributed by atoms with Crippen molar-refractivity contribution in [1.82, 2.24) is 10.2 Å². The van der Waals surface area contributed by atoms with Gasteiger partial charge >= 0.3 is 0 Å². The summed E-state index contributed by atoms with van der Waals surface area (Å²) in [5.41, 5.74) is 0.729. The molecular formula is C16H23FN4. The Morgan fingerprint density at radius 1 is 1.33 bits per heavy atom. The Morgan fingerprint density at radius 2 is 2.19 bits per heavy atom. The van der Waals surface area contributed by atoms with Crippen molar-refractivity contribution in [2.45, 2.75) is 12.8 Å². The Balaban J connectivity index is 1.53. The van der Waals surface area contributed by atoms with E-state index < -0.39 is 0 Å². The smallest absolute Gasteiger partial charge is 0.193 e. The van der Waals surface area contributed by atoms with E-state index in [1.165, 1.54) is 6.07 Å². The van der Waals surface area contributed by atoms with Crippen molar-refractivity contribution in [3.8, 4) is 0 Å². The first-order valence-corrected chi connectivity index (χ1v) is 7.73. The Morgan fingerprint density at radius 3 is 3.00 bits per heavy atom. The molecule has 1 saturated heterocycles. The molecule has 2 aliphatic heterocycles. The van der Waals surface area contributed by atoms with Crippen molar-refractivity contribution >= 4 is 11.6 Å². The average Bonchev–Trinajstić information content (AvgIpc) is 2.96. The van der Waals surface area contributed by atoms with Crippen LogP contribution in [0.4, 0.5) is 10.1 Å². The molecule has 1 N–H and O–H groups in total. The molecular weight excluding hydrogens is 267 g/mol. The van der Waals surface area contributed by atoms with E-state index >= 15 is 0 Å². The van der Waals surface area contributed by atoms with Crippen LogP contribution in [-0.2, 0) is 0 Å². The largest absolute Gasteiger partial charge is 0.369 e. The van der Waals surface area contributed by atoms with Crippen LogP contribution in [0.2, 0.25) is 0 Å². The lowest BCUT2D eigenvalue weighted by molar-refractivity contribution is 0.436. The first-order valence-electron chi connectivity index (χ1n) is 7.73. The lowest BCUT2D eigenvalue weighted by atomic mass is 10.1. The Hall–Kier alpha value is -1.78. The zero-order chi connectivity index (χ0) is 14.7. The molecule has 0 aliphatic carbocycles. The Kier molecular flexibility index (Phi) is 4.27. The van der Waals surface area contributed by atoms with E-state index in [2.05, 4.69) is 27.2 Å². The SMILES string of the molecule is CN1CCCN=C1NCC1CCN(c2ccccc2F)C1. The highest BCUT2D eigenvalue weighted by Gasteiger charge is 2.24. The van der Waals surface area contributed by atoms with Crippen LogP contribution in [0.15, 0.2) is 29.3 Å². The fraction of sp³-hybridized carbons (Fsp3) is 0.562. The van der Waals surface area contributed by atoms with E-state index in [-0.39, 0.29) is 5.82 Å². The predicted molar refractivity (Wildman–Crippen MR) is 84.3 cm³/mol. The molecule has 4 nitrogen and oxygen atoms in total. The fourth-order valence-electron chi connectivity index (χ4n) is 3.07. The number of halogens is 1. The molecule has 0 spiro atoms. The zero-order valence-corrected chi connectivity index (χ0v) is 12.6. The van der Waals surface area contributed by atoms with Gasteiger partial charge in [0.1, 0.15) is 5.82 Å². The van der Waals surface area contributed by atoms with E-state index in [4.69, 9.17) is 0 Å². The molecule has 2 heterocycles. The van der Waals surface area contributed by atoms with E-state index in [0.29, 0.717) is 5.92 Å². The molecule has 0 bridgehead atoms. The highest BCUT2D eigenvalue weighted by Crippen LogP contribution is 2.25. The summed E-state index contributed by atoms with van der Waals surface area (Å²) < 4.78 is 13.8. The normalized spacial score (nSPS) is 22.4. The number of guanidine groups is 1. The zero-order valence-electron chi connectivity index (χ0n) is 12.6. The molecule has 3 rings (SSSR count). The van der Waals surface area contributed by atoms with Gasteiger partial charge in [-0.3, -0.25) is 4.99 Å². The first-order chi connectivity index (χ1) is 10.2. The van der Waals surface area contributed by atoms with Crippen LogP contribution in [0.3, 0.4) is 0 Å². The van der Waals surface area contributed by atoms with Gasteiger partial charge in [0.2, 0.25) is 0 Å². The fourth-order valence-corrected chi connectivity index (χ4v) is 3.07. The third kappa shape index (κ3) is 3.28. The van der Waals surface area contributed by atoms with E-state index in [0.717, 1.165) is 57.2 Å². The number of nitrogens with one attached hydrogen (secondary N) is 1. The van der Waals surface area contributed by atoms with Crippen LogP contribution in [-0.4, -0.2) is 50.6 Å². The number of hydrogen-bond acceptors (Lipinski definition) is 4. The minimum absolute atomic E-state index is 0.123. The summed E-state index contributed by atoms with van der Waals surface area (Å²) in [5.74, 6) is 1.43. The molecule has 2 aliphatic rings. The summed E-state index contributed by atoms with van der Waals surface area (Å²) >= 11 is 0. The minimum atomic E-state index is -0.123. The molecule has 1 aromatic carbocycles. The van der Waals surface area contributed by atoms with Gasteiger partial charge in [-0.2, -0.15) is 0 Å². The Bertz CT molecular complexity index is 517. The number of nitrogens with zero attached hydrogens (tertiary/aromatic N) is 3. The molecule has 5 heteroatoms. The van der Waals surface area contributed by atoms with Crippen molar-refractivity contribution in [2.24, 2.45) is 10.9 Å². The molecule has 114 valence electrons. The van der Waals surface area contributed by atoms with Gasteiger partial charge in [0.05, 0.1) is 5.69 Å². The summed E-state index contributed by atoms with van der Waals surface area (Å²) in [6.07, 6.45) is 2.23. The number of benzene rings is 1. The summed E-state index contributed by atoms with van der Waals surface area (Å²) in [6.45, 7) is 4.73. The maximum absolute atomic E-state index is 13.8. The van der Waals surface area contributed by atoms with E-state index in [1.807, 2.05) is 12.1 Å². The highest BCUT2D eigenvalue weighted by atomic mass is 19.1. The van der Waals surface area contributed by atoms with E-state index in [9.17, 15) is 4.39 Å². The van der Waals surface area contributed by atoms with Gasteiger partial charge in [0.15, 0.2) is 5.96 Å². The number of aliphatic imine (C=N–C) groups is 1. The molecule has 1 fully saturated rings. The van der Waals surface area contributed by atoms with Crippen LogP contribution in [0, 0.1) is 11.7 Å². The molecule has 1 atom stereocenters. The molecule has 0 amide bonds. The van der Waals surface area contributed by atoms with Gasteiger partial charge < -0.3 is 15.1 Å². The molecule has 1 unspecified atom stereocenters. The lowest BCUT2D eigenvalue weighted by Crippen LogP contribution is -2.44. The standard InChI is InChI=1S/C16H23FN4/c1-20-9-4-8-18-16(20)19-11-13-7-10-21(12-13)15-6-3-2-5-14(15)17/h2-3,5-6,13H,4,7-12H2,1H3,(H,18,19). The molecule has 21 heavy (non-hydrogen) atoms. The van der Waals surface area contributed by atoms with Crippen molar-refractivity contribution in [2.75, 3.05) is 44.7 Å². The van der Waals surface area contributed by atoms with Crippen molar-refractivity contribution in [3.05, 3.63) is 30.1 Å². The summed E-state index contributed by atoms with van der Waals surface area (Å²) in [7, 11) is 2.07. The second-order valence-electron chi connectivity index (χ2n) is 5.91. The third-order valence-corrected chi connectivity index (χ3v) is 4.30. The van der Waals surface area contributed by atoms with Gasteiger partial charge in [-0.1, -0.05) is 12.1 Å². The quantitative estimate of drug-likeness (QED) is 0.923. The van der Waals surface area contributed by atoms with Gasteiger partial charge in [0, 0.05) is 39.8 Å². The van der Waals surface area contributed by atoms with Gasteiger partial charge in [-0.15, -0.1) is 0 Å². The first kappa shape index (κ1) is 14.2. The average molecular weight is 290 g/mol.